The minimum atomic E-state index is 0.546. The van der Waals surface area contributed by atoms with Crippen LogP contribution in [0.15, 0.2) is 4.99 Å². The summed E-state index contributed by atoms with van der Waals surface area (Å²) < 4.78 is 0. The molecule has 0 aromatic carbocycles. The number of hydrogen-bond acceptors (Lipinski definition) is 3. The first-order valence-corrected chi connectivity index (χ1v) is 3.75. The maximum Gasteiger partial charge on any atom is 0.113 e. The van der Waals surface area contributed by atoms with Gasteiger partial charge in [0.05, 0.1) is 13.1 Å². The number of nitrogens with two attached hydrogens (primary N) is 1. The molecule has 3 heteroatoms. The first-order chi connectivity index (χ1) is 4.75. The van der Waals surface area contributed by atoms with E-state index in [9.17, 15) is 0 Å². The van der Waals surface area contributed by atoms with E-state index in [1.54, 1.807) is 0 Å². The van der Waals surface area contributed by atoms with Crippen LogP contribution in [0, 0.1) is 0 Å². The maximum absolute atomic E-state index is 5.49. The highest BCUT2D eigenvalue weighted by atomic mass is 15.3. The second-order valence-corrected chi connectivity index (χ2v) is 2.79. The molecule has 0 radical (unpaired) electrons. The summed E-state index contributed by atoms with van der Waals surface area (Å²) >= 11 is 0. The molecule has 0 aromatic rings. The Balaban J connectivity index is 2.54. The van der Waals surface area contributed by atoms with Crippen LogP contribution >= 0.6 is 0 Å². The van der Waals surface area contributed by atoms with E-state index >= 15 is 0 Å². The third kappa shape index (κ3) is 1.29. The molecule has 3 nitrogen and oxygen atoms in total. The van der Waals surface area contributed by atoms with Crippen molar-refractivity contribution in [3.63, 3.8) is 0 Å². The summed E-state index contributed by atoms with van der Waals surface area (Å²) in [5, 5.41) is 0. The van der Waals surface area contributed by atoms with E-state index in [1.165, 1.54) is 0 Å². The molecule has 0 unspecified atom stereocenters. The quantitative estimate of drug-likeness (QED) is 0.591. The molecular formula is C7H15N3. The van der Waals surface area contributed by atoms with Crippen molar-refractivity contribution in [1.82, 2.24) is 4.90 Å². The Morgan fingerprint density at radius 1 is 1.70 bits per heavy atom. The summed E-state index contributed by atoms with van der Waals surface area (Å²) in [7, 11) is 0. The topological polar surface area (TPSA) is 41.6 Å². The van der Waals surface area contributed by atoms with Crippen molar-refractivity contribution in [2.45, 2.75) is 19.9 Å². The Kier molecular flexibility index (Phi) is 2.27. The zero-order valence-corrected chi connectivity index (χ0v) is 6.67. The smallest absolute Gasteiger partial charge is 0.113 e. The van der Waals surface area contributed by atoms with Gasteiger partial charge in [0.15, 0.2) is 0 Å². The second kappa shape index (κ2) is 3.01. The number of rotatable bonds is 2. The Bertz CT molecular complexity index is 140. The van der Waals surface area contributed by atoms with Crippen LogP contribution in [0.25, 0.3) is 0 Å². The lowest BCUT2D eigenvalue weighted by atomic mass is 10.3. The molecule has 0 aliphatic carbocycles. The van der Waals surface area contributed by atoms with Crippen LogP contribution in [0.3, 0.4) is 0 Å². The molecule has 0 saturated carbocycles. The Morgan fingerprint density at radius 2 is 2.40 bits per heavy atom. The van der Waals surface area contributed by atoms with Crippen molar-refractivity contribution in [2.75, 3.05) is 19.6 Å². The zero-order chi connectivity index (χ0) is 7.56. The van der Waals surface area contributed by atoms with E-state index in [-0.39, 0.29) is 0 Å². The molecular weight excluding hydrogens is 126 g/mol. The predicted molar refractivity (Wildman–Crippen MR) is 43.2 cm³/mol. The van der Waals surface area contributed by atoms with Crippen LogP contribution in [0.5, 0.6) is 0 Å². The molecule has 1 aliphatic rings. The van der Waals surface area contributed by atoms with Crippen molar-refractivity contribution in [3.8, 4) is 0 Å². The highest BCUT2D eigenvalue weighted by Gasteiger charge is 2.16. The van der Waals surface area contributed by atoms with Crippen molar-refractivity contribution < 1.29 is 0 Å². The Morgan fingerprint density at radius 3 is 2.80 bits per heavy atom. The van der Waals surface area contributed by atoms with Crippen molar-refractivity contribution >= 4 is 5.84 Å². The lowest BCUT2D eigenvalue weighted by molar-refractivity contribution is 0.377. The van der Waals surface area contributed by atoms with Crippen LogP contribution in [0.2, 0.25) is 0 Å². The van der Waals surface area contributed by atoms with E-state index in [0.29, 0.717) is 12.6 Å². The van der Waals surface area contributed by atoms with Crippen LogP contribution in [0.1, 0.15) is 13.8 Å². The predicted octanol–water partition coefficient (Wildman–Crippen LogP) is 0.0676. The largest absolute Gasteiger partial charge is 0.355 e. The van der Waals surface area contributed by atoms with Gasteiger partial charge in [0.1, 0.15) is 5.84 Å². The van der Waals surface area contributed by atoms with Gasteiger partial charge >= 0.3 is 0 Å². The summed E-state index contributed by atoms with van der Waals surface area (Å²) in [6.07, 6.45) is 0. The molecule has 0 spiro atoms. The molecule has 0 aromatic heterocycles. The number of hydrogen-bond donors (Lipinski definition) is 1. The first-order valence-electron chi connectivity index (χ1n) is 3.75. The van der Waals surface area contributed by atoms with E-state index < -0.39 is 0 Å². The van der Waals surface area contributed by atoms with Gasteiger partial charge in [0.25, 0.3) is 0 Å². The average Bonchev–Trinajstić information content (AvgIpc) is 2.33. The summed E-state index contributed by atoms with van der Waals surface area (Å²) in [6, 6.07) is 0.546. The van der Waals surface area contributed by atoms with Crippen LogP contribution in [0.4, 0.5) is 0 Å². The SMILES string of the molecule is CC(C)N1CCN=C1CN. The van der Waals surface area contributed by atoms with E-state index in [1.807, 2.05) is 0 Å². The van der Waals surface area contributed by atoms with E-state index in [2.05, 4.69) is 23.7 Å². The minimum absolute atomic E-state index is 0.546. The molecule has 0 amide bonds. The molecule has 0 fully saturated rings. The molecule has 1 heterocycles. The van der Waals surface area contributed by atoms with Crippen molar-refractivity contribution in [3.05, 3.63) is 0 Å². The van der Waals surface area contributed by atoms with Gasteiger partial charge in [-0.3, -0.25) is 4.99 Å². The standard InChI is InChI=1S/C7H15N3/c1-6(2)10-4-3-9-7(10)5-8/h6H,3-5,8H2,1-2H3. The lowest BCUT2D eigenvalue weighted by Crippen LogP contribution is -2.38. The molecule has 58 valence electrons. The third-order valence-electron chi connectivity index (χ3n) is 1.77. The Hall–Kier alpha value is -0.570. The van der Waals surface area contributed by atoms with Gasteiger partial charge in [-0.25, -0.2) is 0 Å². The lowest BCUT2D eigenvalue weighted by Gasteiger charge is -2.23. The van der Waals surface area contributed by atoms with Gasteiger partial charge in [-0.2, -0.15) is 0 Å². The van der Waals surface area contributed by atoms with Gasteiger partial charge in [0, 0.05) is 12.6 Å². The highest BCUT2D eigenvalue weighted by Crippen LogP contribution is 2.04. The Labute approximate surface area is 61.9 Å². The van der Waals surface area contributed by atoms with Crippen LogP contribution < -0.4 is 5.73 Å². The fourth-order valence-corrected chi connectivity index (χ4v) is 1.24. The summed E-state index contributed by atoms with van der Waals surface area (Å²) in [5.41, 5.74) is 5.49. The fraction of sp³-hybridized carbons (Fsp3) is 0.857. The average molecular weight is 141 g/mol. The maximum atomic E-state index is 5.49. The third-order valence-corrected chi connectivity index (χ3v) is 1.77. The molecule has 0 bridgehead atoms. The molecule has 0 saturated heterocycles. The van der Waals surface area contributed by atoms with E-state index in [4.69, 9.17) is 5.73 Å². The van der Waals surface area contributed by atoms with Crippen LogP contribution in [-0.2, 0) is 0 Å². The molecule has 10 heavy (non-hydrogen) atoms. The van der Waals surface area contributed by atoms with Crippen molar-refractivity contribution in [1.29, 1.82) is 0 Å². The summed E-state index contributed by atoms with van der Waals surface area (Å²) in [5.74, 6) is 1.06. The number of nitrogens with zero attached hydrogens (tertiary/aromatic N) is 2. The number of amidine groups is 1. The molecule has 0 atom stereocenters. The zero-order valence-electron chi connectivity index (χ0n) is 6.67. The summed E-state index contributed by atoms with van der Waals surface area (Å²) in [6.45, 7) is 6.88. The molecule has 1 aliphatic heterocycles. The van der Waals surface area contributed by atoms with Gasteiger partial charge in [-0.1, -0.05) is 0 Å². The highest BCUT2D eigenvalue weighted by molar-refractivity contribution is 5.85. The molecule has 2 N–H and O–H groups in total. The fourth-order valence-electron chi connectivity index (χ4n) is 1.24. The van der Waals surface area contributed by atoms with Gasteiger partial charge in [-0.05, 0) is 13.8 Å². The normalized spacial score (nSPS) is 18.4. The van der Waals surface area contributed by atoms with Gasteiger partial charge in [-0.15, -0.1) is 0 Å². The van der Waals surface area contributed by atoms with Crippen LogP contribution in [-0.4, -0.2) is 36.4 Å². The van der Waals surface area contributed by atoms with Gasteiger partial charge < -0.3 is 10.6 Å². The summed E-state index contributed by atoms with van der Waals surface area (Å²) in [4.78, 5) is 6.52. The van der Waals surface area contributed by atoms with E-state index in [0.717, 1.165) is 18.9 Å². The minimum Gasteiger partial charge on any atom is -0.355 e. The monoisotopic (exact) mass is 141 g/mol. The number of aliphatic imine (C=N–C) groups is 1. The molecule has 1 rings (SSSR count). The first kappa shape index (κ1) is 7.54. The van der Waals surface area contributed by atoms with Gasteiger partial charge in [0.2, 0.25) is 0 Å². The second-order valence-electron chi connectivity index (χ2n) is 2.79. The van der Waals surface area contributed by atoms with Crippen molar-refractivity contribution in [2.24, 2.45) is 10.7 Å².